The summed E-state index contributed by atoms with van der Waals surface area (Å²) in [4.78, 5) is 14.5. The molecule has 34 heavy (non-hydrogen) atoms. The van der Waals surface area contributed by atoms with E-state index >= 15 is 0 Å². The lowest BCUT2D eigenvalue weighted by atomic mass is 10.2. The predicted octanol–water partition coefficient (Wildman–Crippen LogP) is 5.25. The molecule has 4 aromatic rings. The molecule has 0 bridgehead atoms. The Hall–Kier alpha value is -3.80. The van der Waals surface area contributed by atoms with Gasteiger partial charge in [0, 0.05) is 11.3 Å². The van der Waals surface area contributed by atoms with E-state index in [0.717, 1.165) is 11.3 Å². The zero-order valence-electron chi connectivity index (χ0n) is 18.3. The summed E-state index contributed by atoms with van der Waals surface area (Å²) in [6, 6.07) is 26.2. The Balaban J connectivity index is 1.67. The maximum Gasteiger partial charge on any atom is 0.238 e. The van der Waals surface area contributed by atoms with E-state index in [1.54, 1.807) is 31.4 Å². The number of carbonyl (C=O) groups is 1. The van der Waals surface area contributed by atoms with Crippen molar-refractivity contribution in [3.05, 3.63) is 83.9 Å². The lowest BCUT2D eigenvalue weighted by Crippen LogP contribution is -2.32. The van der Waals surface area contributed by atoms with Gasteiger partial charge in [0.05, 0.1) is 29.6 Å². The van der Waals surface area contributed by atoms with Crippen molar-refractivity contribution < 1.29 is 9.53 Å². The number of halogens is 1. The number of aromatic nitrogens is 3. The number of ether oxygens (including phenoxy) is 1. The normalized spacial score (nSPS) is 10.5. The number of benzene rings is 3. The van der Waals surface area contributed by atoms with Crippen LogP contribution < -0.4 is 9.64 Å². The topological polar surface area (TPSA) is 84.0 Å². The molecule has 1 heterocycles. The summed E-state index contributed by atoms with van der Waals surface area (Å²) in [5.41, 5.74) is 2.28. The fourth-order valence-corrected chi connectivity index (χ4v) is 4.45. The van der Waals surface area contributed by atoms with Crippen LogP contribution in [0.4, 0.5) is 5.69 Å². The van der Waals surface area contributed by atoms with Crippen molar-refractivity contribution in [2.45, 2.75) is 5.16 Å². The standard InChI is InChI=1S/C25H20ClN5O2S/c1-33-22-13-12-20(16-21(22)26)31-24(18-8-4-2-5-9-18)28-29-25(31)34-17-23(32)30(15-14-27)19-10-6-3-7-11-19/h2-13,16H,15,17H2,1H3. The summed E-state index contributed by atoms with van der Waals surface area (Å²) in [6.07, 6.45) is 0. The Bertz CT molecular complexity index is 1320. The zero-order valence-corrected chi connectivity index (χ0v) is 19.8. The molecule has 0 fully saturated rings. The molecule has 0 aliphatic rings. The van der Waals surface area contributed by atoms with Crippen molar-refractivity contribution in [1.82, 2.24) is 14.8 Å². The van der Waals surface area contributed by atoms with E-state index in [0.29, 0.717) is 27.4 Å². The van der Waals surface area contributed by atoms with Gasteiger partial charge >= 0.3 is 0 Å². The van der Waals surface area contributed by atoms with E-state index in [4.69, 9.17) is 16.3 Å². The first kappa shape index (κ1) is 23.4. The van der Waals surface area contributed by atoms with E-state index in [-0.39, 0.29) is 18.2 Å². The highest BCUT2D eigenvalue weighted by molar-refractivity contribution is 7.99. The largest absolute Gasteiger partial charge is 0.495 e. The van der Waals surface area contributed by atoms with Crippen molar-refractivity contribution in [3.8, 4) is 28.9 Å². The van der Waals surface area contributed by atoms with Crippen molar-refractivity contribution in [2.24, 2.45) is 0 Å². The fourth-order valence-electron chi connectivity index (χ4n) is 3.37. The molecule has 0 unspecified atom stereocenters. The Morgan fingerprint density at radius 3 is 2.44 bits per heavy atom. The number of thioether (sulfide) groups is 1. The number of hydrogen-bond acceptors (Lipinski definition) is 6. The van der Waals surface area contributed by atoms with Crippen molar-refractivity contribution >= 4 is 35.0 Å². The highest BCUT2D eigenvalue weighted by atomic mass is 35.5. The summed E-state index contributed by atoms with van der Waals surface area (Å²) in [6.45, 7) is -0.0422. The molecule has 0 spiro atoms. The molecule has 170 valence electrons. The van der Waals surface area contributed by atoms with Gasteiger partial charge in [0.2, 0.25) is 5.91 Å². The SMILES string of the molecule is COc1ccc(-n2c(SCC(=O)N(CC#N)c3ccccc3)nnc2-c2ccccc2)cc1Cl. The van der Waals surface area contributed by atoms with Gasteiger partial charge in [0.15, 0.2) is 11.0 Å². The average molecular weight is 490 g/mol. The first-order chi connectivity index (χ1) is 16.6. The van der Waals surface area contributed by atoms with E-state index in [1.165, 1.54) is 16.7 Å². The van der Waals surface area contributed by atoms with Gasteiger partial charge in [0.25, 0.3) is 0 Å². The summed E-state index contributed by atoms with van der Waals surface area (Å²) < 4.78 is 7.14. The van der Waals surface area contributed by atoms with Crippen LogP contribution in [0.2, 0.25) is 5.02 Å². The third kappa shape index (κ3) is 5.06. The molecule has 0 aliphatic carbocycles. The zero-order chi connectivity index (χ0) is 23.9. The fraction of sp³-hybridized carbons (Fsp3) is 0.120. The van der Waals surface area contributed by atoms with Crippen LogP contribution in [-0.4, -0.2) is 40.1 Å². The highest BCUT2D eigenvalue weighted by Gasteiger charge is 2.21. The number of amides is 1. The van der Waals surface area contributed by atoms with Crippen LogP contribution in [0, 0.1) is 11.3 Å². The van der Waals surface area contributed by atoms with E-state index < -0.39 is 0 Å². The summed E-state index contributed by atoms with van der Waals surface area (Å²) in [5, 5.41) is 18.9. The minimum atomic E-state index is -0.207. The second-order valence-electron chi connectivity index (χ2n) is 7.09. The van der Waals surface area contributed by atoms with Gasteiger partial charge < -0.3 is 4.74 Å². The van der Waals surface area contributed by atoms with Crippen LogP contribution >= 0.6 is 23.4 Å². The van der Waals surface area contributed by atoms with Gasteiger partial charge in [-0.2, -0.15) is 5.26 Å². The van der Waals surface area contributed by atoms with E-state index in [9.17, 15) is 10.1 Å². The second kappa shape index (κ2) is 10.9. The minimum Gasteiger partial charge on any atom is -0.495 e. The summed E-state index contributed by atoms with van der Waals surface area (Å²) >= 11 is 7.64. The monoisotopic (exact) mass is 489 g/mol. The average Bonchev–Trinajstić information content (AvgIpc) is 3.31. The van der Waals surface area contributed by atoms with E-state index in [1.807, 2.05) is 59.2 Å². The number of rotatable bonds is 8. The summed E-state index contributed by atoms with van der Waals surface area (Å²) in [5.74, 6) is 1.04. The van der Waals surface area contributed by atoms with Crippen LogP contribution in [0.25, 0.3) is 17.1 Å². The van der Waals surface area contributed by atoms with Gasteiger partial charge in [0.1, 0.15) is 12.3 Å². The molecule has 3 aromatic carbocycles. The molecule has 0 radical (unpaired) electrons. The molecule has 0 N–H and O–H groups in total. The molecule has 0 saturated carbocycles. The third-order valence-corrected chi connectivity index (χ3v) is 6.19. The minimum absolute atomic E-state index is 0.0422. The molecule has 0 saturated heterocycles. The van der Waals surface area contributed by atoms with Crippen molar-refractivity contribution in [3.63, 3.8) is 0 Å². The molecule has 1 amide bonds. The quantitative estimate of drug-likeness (QED) is 0.248. The van der Waals surface area contributed by atoms with Gasteiger partial charge in [-0.1, -0.05) is 71.9 Å². The number of anilines is 1. The predicted molar refractivity (Wildman–Crippen MR) is 133 cm³/mol. The first-order valence-corrected chi connectivity index (χ1v) is 11.7. The van der Waals surface area contributed by atoms with Gasteiger partial charge in [-0.25, -0.2) is 0 Å². The van der Waals surface area contributed by atoms with Crippen molar-refractivity contribution in [2.75, 3.05) is 24.3 Å². The Morgan fingerprint density at radius 1 is 1.09 bits per heavy atom. The number of nitrogens with zero attached hydrogens (tertiary/aromatic N) is 5. The van der Waals surface area contributed by atoms with Crippen LogP contribution in [-0.2, 0) is 4.79 Å². The first-order valence-electron chi connectivity index (χ1n) is 10.3. The molecule has 0 aliphatic heterocycles. The summed E-state index contributed by atoms with van der Waals surface area (Å²) in [7, 11) is 1.56. The van der Waals surface area contributed by atoms with Gasteiger partial charge in [-0.05, 0) is 30.3 Å². The lowest BCUT2D eigenvalue weighted by Gasteiger charge is -2.19. The molecular formula is C25H20ClN5O2S. The maximum atomic E-state index is 13.0. The van der Waals surface area contributed by atoms with Crippen LogP contribution in [0.5, 0.6) is 5.75 Å². The number of methoxy groups -OCH3 is 1. The van der Waals surface area contributed by atoms with E-state index in [2.05, 4.69) is 16.3 Å². The number of hydrogen-bond donors (Lipinski definition) is 0. The third-order valence-electron chi connectivity index (χ3n) is 4.98. The van der Waals surface area contributed by atoms with Crippen LogP contribution in [0.15, 0.2) is 84.0 Å². The number of para-hydroxylation sites is 1. The van der Waals surface area contributed by atoms with Crippen molar-refractivity contribution in [1.29, 1.82) is 5.26 Å². The Labute approximate surface area is 206 Å². The smallest absolute Gasteiger partial charge is 0.238 e. The number of nitriles is 1. The molecule has 9 heteroatoms. The highest BCUT2D eigenvalue weighted by Crippen LogP contribution is 2.32. The van der Waals surface area contributed by atoms with Crippen LogP contribution in [0.1, 0.15) is 0 Å². The molecular weight excluding hydrogens is 470 g/mol. The Kier molecular flexibility index (Phi) is 7.48. The molecule has 0 atom stereocenters. The second-order valence-corrected chi connectivity index (χ2v) is 8.44. The number of carbonyl (C=O) groups excluding carboxylic acids is 1. The van der Waals surface area contributed by atoms with Crippen LogP contribution in [0.3, 0.4) is 0 Å². The van der Waals surface area contributed by atoms with Gasteiger partial charge in [-0.3, -0.25) is 14.3 Å². The molecule has 7 nitrogen and oxygen atoms in total. The van der Waals surface area contributed by atoms with Gasteiger partial charge in [-0.15, -0.1) is 10.2 Å². The Morgan fingerprint density at radius 2 is 1.79 bits per heavy atom. The maximum absolute atomic E-state index is 13.0. The molecule has 1 aromatic heterocycles. The molecule has 4 rings (SSSR count). The lowest BCUT2D eigenvalue weighted by molar-refractivity contribution is -0.116.